The smallest absolute Gasteiger partial charge is 0.283 e. The molecule has 0 spiro atoms. The zero-order valence-corrected chi connectivity index (χ0v) is 13.5. The third-order valence-electron chi connectivity index (χ3n) is 2.79. The van der Waals surface area contributed by atoms with Gasteiger partial charge in [0.15, 0.2) is 0 Å². The van der Waals surface area contributed by atoms with E-state index in [1.165, 1.54) is 17.3 Å². The number of hydrogen-bond donors (Lipinski definition) is 1. The second-order valence-corrected chi connectivity index (χ2v) is 7.65. The van der Waals surface area contributed by atoms with Crippen molar-refractivity contribution in [2.45, 2.75) is 11.8 Å². The molecule has 4 nitrogen and oxygen atoms in total. The second kappa shape index (κ2) is 7.52. The Kier molecular flexibility index (Phi) is 6.00. The molecule has 104 valence electrons. The number of nitrogens with zero attached hydrogens (tertiary/aromatic N) is 1. The van der Waals surface area contributed by atoms with Crippen LogP contribution < -0.4 is 5.32 Å². The molecule has 0 bridgehead atoms. The normalized spacial score (nSPS) is 19.3. The molecular weight excluding hydrogens is 348 g/mol. The van der Waals surface area contributed by atoms with Gasteiger partial charge in [0.05, 0.1) is 9.40 Å². The summed E-state index contributed by atoms with van der Waals surface area (Å²) in [4.78, 5) is 10.5. The Morgan fingerprint density at radius 1 is 1.47 bits per heavy atom. The van der Waals surface area contributed by atoms with E-state index in [4.69, 9.17) is 0 Å². The van der Waals surface area contributed by atoms with Crippen LogP contribution in [0.4, 0.5) is 5.69 Å². The minimum absolute atomic E-state index is 0.127. The predicted molar refractivity (Wildman–Crippen MR) is 86.1 cm³/mol. The number of benzene rings is 1. The molecule has 1 atom stereocenters. The first-order valence-electron chi connectivity index (χ1n) is 5.99. The van der Waals surface area contributed by atoms with Crippen LogP contribution in [-0.2, 0) is 6.54 Å². The first kappa shape index (κ1) is 15.2. The quantitative estimate of drug-likeness (QED) is 0.643. The molecule has 1 aliphatic heterocycles. The van der Waals surface area contributed by atoms with E-state index < -0.39 is 0 Å². The molecule has 1 aliphatic rings. The molecule has 1 aromatic carbocycles. The number of halogens is 1. The third kappa shape index (κ3) is 4.66. The summed E-state index contributed by atoms with van der Waals surface area (Å²) >= 11 is 7.20. The zero-order chi connectivity index (χ0) is 13.7. The molecule has 1 unspecified atom stereocenters. The van der Waals surface area contributed by atoms with E-state index in [0.29, 0.717) is 16.3 Å². The number of nitrogens with one attached hydrogen (secondary N) is 1. The molecule has 19 heavy (non-hydrogen) atoms. The lowest BCUT2D eigenvalue weighted by Crippen LogP contribution is -2.28. The highest BCUT2D eigenvalue weighted by atomic mass is 79.9. The minimum Gasteiger partial charge on any atom is -0.312 e. The highest BCUT2D eigenvalue weighted by Gasteiger charge is 2.15. The average molecular weight is 363 g/mol. The van der Waals surface area contributed by atoms with Gasteiger partial charge in [-0.15, -0.1) is 0 Å². The Morgan fingerprint density at radius 3 is 3.00 bits per heavy atom. The Balaban J connectivity index is 1.85. The molecule has 0 aliphatic carbocycles. The van der Waals surface area contributed by atoms with Crippen molar-refractivity contribution in [3.8, 4) is 0 Å². The van der Waals surface area contributed by atoms with Crippen LogP contribution in [0.25, 0.3) is 0 Å². The van der Waals surface area contributed by atoms with Gasteiger partial charge >= 0.3 is 0 Å². The van der Waals surface area contributed by atoms with Crippen molar-refractivity contribution in [3.05, 3.63) is 38.3 Å². The summed E-state index contributed by atoms with van der Waals surface area (Å²) in [6.45, 7) is 1.64. The molecule has 0 amide bonds. The monoisotopic (exact) mass is 362 g/mol. The van der Waals surface area contributed by atoms with E-state index in [0.717, 1.165) is 12.1 Å². The van der Waals surface area contributed by atoms with Crippen LogP contribution >= 0.6 is 39.5 Å². The number of hydrogen-bond acceptors (Lipinski definition) is 5. The van der Waals surface area contributed by atoms with Crippen molar-refractivity contribution in [3.63, 3.8) is 0 Å². The van der Waals surface area contributed by atoms with E-state index in [1.807, 2.05) is 29.6 Å². The number of thioether (sulfide) groups is 2. The number of nitro benzene ring substituents is 1. The van der Waals surface area contributed by atoms with E-state index in [-0.39, 0.29) is 10.6 Å². The molecule has 0 radical (unpaired) electrons. The van der Waals surface area contributed by atoms with Crippen molar-refractivity contribution < 1.29 is 4.92 Å². The Labute approximate surface area is 129 Å². The van der Waals surface area contributed by atoms with E-state index in [2.05, 4.69) is 21.2 Å². The van der Waals surface area contributed by atoms with Gasteiger partial charge in [0, 0.05) is 41.7 Å². The first-order chi connectivity index (χ1) is 9.16. The van der Waals surface area contributed by atoms with Gasteiger partial charge in [-0.05, 0) is 27.6 Å². The largest absolute Gasteiger partial charge is 0.312 e. The van der Waals surface area contributed by atoms with Crippen LogP contribution in [0.5, 0.6) is 0 Å². The zero-order valence-electron chi connectivity index (χ0n) is 10.3. The summed E-state index contributed by atoms with van der Waals surface area (Å²) in [5, 5.41) is 14.9. The average Bonchev–Trinajstić information content (AvgIpc) is 2.41. The third-order valence-corrected chi connectivity index (χ3v) is 6.31. The standard InChI is InChI=1S/C12H15BrN2O2S2/c13-11-2-1-9(5-12(11)15(16)17)6-14-7-10-8-18-3-4-19-10/h1-2,5,10,14H,3-4,6-8H2. The van der Waals surface area contributed by atoms with Gasteiger partial charge in [-0.3, -0.25) is 10.1 Å². The van der Waals surface area contributed by atoms with Crippen LogP contribution in [-0.4, -0.2) is 34.0 Å². The maximum atomic E-state index is 10.8. The SMILES string of the molecule is O=[N+]([O-])c1cc(CNCC2CSCCS2)ccc1Br. The minimum atomic E-state index is -0.360. The molecule has 0 aromatic heterocycles. The molecule has 1 aromatic rings. The van der Waals surface area contributed by atoms with Gasteiger partial charge in [-0.2, -0.15) is 23.5 Å². The Bertz CT molecular complexity index is 453. The van der Waals surface area contributed by atoms with Crippen molar-refractivity contribution in [2.24, 2.45) is 0 Å². The van der Waals surface area contributed by atoms with Gasteiger partial charge in [0.2, 0.25) is 0 Å². The van der Waals surface area contributed by atoms with E-state index in [1.54, 1.807) is 12.1 Å². The van der Waals surface area contributed by atoms with Crippen molar-refractivity contribution in [1.82, 2.24) is 5.32 Å². The summed E-state index contributed by atoms with van der Waals surface area (Å²) < 4.78 is 0.528. The van der Waals surface area contributed by atoms with Crippen LogP contribution in [0.15, 0.2) is 22.7 Å². The predicted octanol–water partition coefficient (Wildman–Crippen LogP) is 3.30. The molecule has 1 N–H and O–H groups in total. The van der Waals surface area contributed by atoms with Gasteiger partial charge in [-0.1, -0.05) is 6.07 Å². The Morgan fingerprint density at radius 2 is 2.32 bits per heavy atom. The molecular formula is C12H15BrN2O2S2. The fourth-order valence-corrected chi connectivity index (χ4v) is 4.88. The van der Waals surface area contributed by atoms with Crippen LogP contribution in [0, 0.1) is 10.1 Å². The molecule has 1 saturated heterocycles. The van der Waals surface area contributed by atoms with Crippen molar-refractivity contribution in [2.75, 3.05) is 23.8 Å². The summed E-state index contributed by atoms with van der Waals surface area (Å²) in [6, 6.07) is 5.27. The van der Waals surface area contributed by atoms with Gasteiger partial charge in [0.25, 0.3) is 5.69 Å². The lowest BCUT2D eigenvalue weighted by atomic mass is 10.2. The summed E-state index contributed by atoms with van der Waals surface area (Å²) in [7, 11) is 0. The number of nitro groups is 1. The molecule has 1 heterocycles. The second-order valence-electron chi connectivity index (χ2n) is 4.24. The van der Waals surface area contributed by atoms with E-state index >= 15 is 0 Å². The van der Waals surface area contributed by atoms with E-state index in [9.17, 15) is 10.1 Å². The van der Waals surface area contributed by atoms with Crippen LogP contribution in [0.3, 0.4) is 0 Å². The lowest BCUT2D eigenvalue weighted by molar-refractivity contribution is -0.385. The Hall–Kier alpha value is -0.240. The molecule has 0 saturated carbocycles. The van der Waals surface area contributed by atoms with Crippen LogP contribution in [0.2, 0.25) is 0 Å². The molecule has 2 rings (SSSR count). The summed E-state index contributed by atoms with van der Waals surface area (Å²) in [6.07, 6.45) is 0. The van der Waals surface area contributed by atoms with Crippen LogP contribution in [0.1, 0.15) is 5.56 Å². The topological polar surface area (TPSA) is 55.2 Å². The molecule has 7 heteroatoms. The molecule has 1 fully saturated rings. The first-order valence-corrected chi connectivity index (χ1v) is 8.99. The fourth-order valence-electron chi connectivity index (χ4n) is 1.84. The maximum absolute atomic E-state index is 10.8. The fraction of sp³-hybridized carbons (Fsp3) is 0.500. The van der Waals surface area contributed by atoms with Crippen molar-refractivity contribution in [1.29, 1.82) is 0 Å². The summed E-state index contributed by atoms with van der Waals surface area (Å²) in [5.74, 6) is 3.67. The highest BCUT2D eigenvalue weighted by Crippen LogP contribution is 2.26. The lowest BCUT2D eigenvalue weighted by Gasteiger charge is -2.21. The van der Waals surface area contributed by atoms with Gasteiger partial charge < -0.3 is 5.32 Å². The maximum Gasteiger partial charge on any atom is 0.283 e. The highest BCUT2D eigenvalue weighted by molar-refractivity contribution is 9.10. The van der Waals surface area contributed by atoms with Gasteiger partial charge in [-0.25, -0.2) is 0 Å². The van der Waals surface area contributed by atoms with Gasteiger partial charge in [0.1, 0.15) is 0 Å². The number of rotatable bonds is 5. The van der Waals surface area contributed by atoms with Crippen molar-refractivity contribution >= 4 is 45.1 Å². The summed E-state index contributed by atoms with van der Waals surface area (Å²) in [5.41, 5.74) is 1.07.